The zero-order chi connectivity index (χ0) is 18.3. The largest absolute Gasteiger partial charge is 0.503 e. The Hall–Kier alpha value is -3.17. The minimum Gasteiger partial charge on any atom is -0.503 e. The number of rotatable bonds is 3. The number of hydrogen-bond acceptors (Lipinski definition) is 6. The van der Waals surface area contributed by atoms with E-state index in [4.69, 9.17) is 11.6 Å². The van der Waals surface area contributed by atoms with Gasteiger partial charge in [0.25, 0.3) is 5.56 Å². The molecular weight excluding hydrogens is 395 g/mol. The third kappa shape index (κ3) is 3.29. The summed E-state index contributed by atoms with van der Waals surface area (Å²) in [5.74, 6) is -0.638. The van der Waals surface area contributed by atoms with E-state index >= 15 is 0 Å². The van der Waals surface area contributed by atoms with E-state index in [1.807, 2.05) is 6.07 Å². The number of halogens is 2. The lowest BCUT2D eigenvalue weighted by molar-refractivity contribution is 0.472. The molecule has 0 bridgehead atoms. The summed E-state index contributed by atoms with van der Waals surface area (Å²) < 4.78 is 2.74. The van der Waals surface area contributed by atoms with Crippen LogP contribution in [0.1, 0.15) is 5.56 Å². The van der Waals surface area contributed by atoms with Crippen LogP contribution in [0.2, 0.25) is 5.02 Å². The second-order valence-electron chi connectivity index (χ2n) is 5.57. The zero-order valence-electron chi connectivity index (χ0n) is 13.5. The van der Waals surface area contributed by atoms with E-state index in [2.05, 4.69) is 20.6 Å². The predicted molar refractivity (Wildman–Crippen MR) is 101 cm³/mol. The van der Waals surface area contributed by atoms with Gasteiger partial charge >= 0.3 is 0 Å². The van der Waals surface area contributed by atoms with E-state index in [9.17, 15) is 14.7 Å². The summed E-state index contributed by atoms with van der Waals surface area (Å²) >= 11 is 5.97. The summed E-state index contributed by atoms with van der Waals surface area (Å²) in [5.41, 5.74) is -0.549. The van der Waals surface area contributed by atoms with Crippen LogP contribution in [-0.2, 0) is 6.54 Å². The lowest BCUT2D eigenvalue weighted by Crippen LogP contribution is -2.24. The first-order valence-corrected chi connectivity index (χ1v) is 7.88. The maximum atomic E-state index is 12.7. The van der Waals surface area contributed by atoms with Crippen molar-refractivity contribution in [3.8, 4) is 17.1 Å². The molecule has 0 atom stereocenters. The van der Waals surface area contributed by atoms with Crippen LogP contribution in [0.5, 0.6) is 5.75 Å². The molecule has 0 saturated heterocycles. The van der Waals surface area contributed by atoms with E-state index < -0.39 is 16.7 Å². The molecule has 0 aliphatic rings. The van der Waals surface area contributed by atoms with E-state index in [-0.39, 0.29) is 35.9 Å². The van der Waals surface area contributed by atoms with Gasteiger partial charge in [-0.3, -0.25) is 9.59 Å². The van der Waals surface area contributed by atoms with Crippen molar-refractivity contribution in [2.75, 3.05) is 0 Å². The van der Waals surface area contributed by atoms with Crippen molar-refractivity contribution in [1.29, 1.82) is 0 Å². The molecule has 0 spiro atoms. The lowest BCUT2D eigenvalue weighted by Gasteiger charge is -2.10. The number of tetrazole rings is 1. The number of hydrogen-bond donors (Lipinski definition) is 2. The molecule has 0 unspecified atom stereocenters. The highest BCUT2D eigenvalue weighted by Gasteiger charge is 2.17. The molecule has 0 fully saturated rings. The highest BCUT2D eigenvalue weighted by atomic mass is 35.5. The molecule has 0 amide bonds. The van der Waals surface area contributed by atoms with Crippen molar-refractivity contribution in [1.82, 2.24) is 29.6 Å². The van der Waals surface area contributed by atoms with Crippen LogP contribution in [0.25, 0.3) is 16.9 Å². The topological polar surface area (TPSA) is 118 Å². The first-order valence-electron chi connectivity index (χ1n) is 7.50. The molecule has 27 heavy (non-hydrogen) atoms. The summed E-state index contributed by atoms with van der Waals surface area (Å²) in [6, 6.07) is 7.08. The maximum Gasteiger partial charge on any atom is 0.279 e. The van der Waals surface area contributed by atoms with Crippen molar-refractivity contribution in [3.63, 3.8) is 0 Å². The summed E-state index contributed by atoms with van der Waals surface area (Å²) in [4.78, 5) is 25.1. The number of H-pyrrole nitrogens is 1. The Morgan fingerprint density at radius 3 is 2.74 bits per heavy atom. The molecule has 2 N–H and O–H groups in total. The van der Waals surface area contributed by atoms with Gasteiger partial charge in [0.15, 0.2) is 11.3 Å². The molecule has 0 radical (unpaired) electrons. The minimum absolute atomic E-state index is 0. The Kier molecular flexibility index (Phi) is 4.98. The lowest BCUT2D eigenvalue weighted by atomic mass is 10.2. The summed E-state index contributed by atoms with van der Waals surface area (Å²) in [6.45, 7) is 0.246. The van der Waals surface area contributed by atoms with Gasteiger partial charge in [-0.2, -0.15) is 5.21 Å². The SMILES string of the molecule is Cl.O=c1c(-c2nn[nH]n2)cn2ccn(Cc3cccc(Cl)c3)c(=O)c2c1O. The molecule has 4 rings (SSSR count). The Morgan fingerprint density at radius 1 is 1.22 bits per heavy atom. The van der Waals surface area contributed by atoms with Crippen LogP contribution in [0.15, 0.2) is 52.4 Å². The van der Waals surface area contributed by atoms with Crippen LogP contribution in [0, 0.1) is 0 Å². The number of nitrogens with one attached hydrogen (secondary N) is 1. The fourth-order valence-electron chi connectivity index (χ4n) is 2.70. The van der Waals surface area contributed by atoms with Gasteiger partial charge in [-0.05, 0) is 22.9 Å². The number of aromatic amines is 1. The van der Waals surface area contributed by atoms with Crippen LogP contribution in [-0.4, -0.2) is 34.7 Å². The van der Waals surface area contributed by atoms with Crippen molar-refractivity contribution in [2.45, 2.75) is 6.54 Å². The van der Waals surface area contributed by atoms with Gasteiger partial charge in [0.1, 0.15) is 0 Å². The molecule has 0 aliphatic carbocycles. The predicted octanol–water partition coefficient (Wildman–Crippen LogP) is 1.47. The Balaban J connectivity index is 0.00000210. The van der Waals surface area contributed by atoms with Gasteiger partial charge in [-0.1, -0.05) is 23.7 Å². The number of nitrogens with zero attached hydrogens (tertiary/aromatic N) is 5. The third-order valence-electron chi connectivity index (χ3n) is 3.91. The molecule has 0 aliphatic heterocycles. The molecule has 9 nitrogen and oxygen atoms in total. The smallest absolute Gasteiger partial charge is 0.279 e. The third-order valence-corrected chi connectivity index (χ3v) is 4.14. The van der Waals surface area contributed by atoms with Crippen molar-refractivity contribution >= 4 is 29.5 Å². The first kappa shape index (κ1) is 18.6. The monoisotopic (exact) mass is 406 g/mol. The number of aromatic hydroxyl groups is 1. The van der Waals surface area contributed by atoms with E-state index in [1.165, 1.54) is 15.2 Å². The standard InChI is InChI=1S/C16H11ClN6O3.ClH/c17-10-3-1-2-9(6-10)7-23-5-4-22-8-11(15-18-20-21-19-15)13(24)14(25)12(22)16(23)26;/h1-6,8,25H,7H2,(H,18,19,20,21);1H. The molecule has 1 aromatic carbocycles. The van der Waals surface area contributed by atoms with E-state index in [1.54, 1.807) is 30.6 Å². The van der Waals surface area contributed by atoms with Gasteiger partial charge in [-0.25, -0.2) is 0 Å². The fraction of sp³-hybridized carbons (Fsp3) is 0.0625. The highest BCUT2D eigenvalue weighted by molar-refractivity contribution is 6.30. The number of pyridine rings is 1. The van der Waals surface area contributed by atoms with E-state index in [0.29, 0.717) is 5.02 Å². The van der Waals surface area contributed by atoms with Crippen molar-refractivity contribution in [3.05, 3.63) is 74.0 Å². The molecule has 4 aromatic rings. The van der Waals surface area contributed by atoms with Crippen molar-refractivity contribution in [2.24, 2.45) is 0 Å². The van der Waals surface area contributed by atoms with Crippen molar-refractivity contribution < 1.29 is 5.11 Å². The summed E-state index contributed by atoms with van der Waals surface area (Å²) in [5, 5.41) is 23.9. The van der Waals surface area contributed by atoms with E-state index in [0.717, 1.165) is 5.56 Å². The van der Waals surface area contributed by atoms with Crippen LogP contribution >= 0.6 is 24.0 Å². The second-order valence-corrected chi connectivity index (χ2v) is 6.01. The number of benzene rings is 1. The average Bonchev–Trinajstić information content (AvgIpc) is 3.14. The van der Waals surface area contributed by atoms with Gasteiger partial charge in [0.05, 0.1) is 12.1 Å². The summed E-state index contributed by atoms with van der Waals surface area (Å²) in [7, 11) is 0. The Labute approximate surface area is 162 Å². The quantitative estimate of drug-likeness (QED) is 0.531. The Bertz CT molecular complexity index is 1230. The zero-order valence-corrected chi connectivity index (χ0v) is 15.1. The number of fused-ring (bicyclic) bond motifs is 1. The highest BCUT2D eigenvalue weighted by Crippen LogP contribution is 2.17. The molecule has 11 heteroatoms. The normalized spacial score (nSPS) is 10.7. The first-order chi connectivity index (χ1) is 12.5. The second kappa shape index (κ2) is 7.22. The van der Waals surface area contributed by atoms with Gasteiger partial charge in [0.2, 0.25) is 11.3 Å². The van der Waals surface area contributed by atoms with Gasteiger partial charge in [0, 0.05) is 23.6 Å². The van der Waals surface area contributed by atoms with Gasteiger partial charge < -0.3 is 14.1 Å². The average molecular weight is 407 g/mol. The minimum atomic E-state index is -0.746. The number of aromatic nitrogens is 6. The van der Waals surface area contributed by atoms with Crippen LogP contribution in [0.3, 0.4) is 0 Å². The van der Waals surface area contributed by atoms with Gasteiger partial charge in [-0.15, -0.1) is 22.6 Å². The molecule has 0 saturated carbocycles. The molecular formula is C16H12Cl2N6O3. The molecule has 3 aromatic heterocycles. The molecule has 3 heterocycles. The molecule has 138 valence electrons. The summed E-state index contributed by atoms with van der Waals surface area (Å²) in [6.07, 6.45) is 4.50. The Morgan fingerprint density at radius 2 is 2.04 bits per heavy atom. The van der Waals surface area contributed by atoms with Crippen LogP contribution in [0.4, 0.5) is 0 Å². The fourth-order valence-corrected chi connectivity index (χ4v) is 2.91. The van der Waals surface area contributed by atoms with Crippen LogP contribution < -0.4 is 11.0 Å². The maximum absolute atomic E-state index is 12.7.